The standard InChI is InChI=1S/C47H59N5O5/c48-42-14-6-7-15-43(42)50-46(55)17-3-1-2-16-45(54)49-30-38-11-4-5-13-41(38)35-22-24-37(25-23-35)47-56-40(29-44(57-47)36-20-18-34(33-53)19-21-36)32-52-28-10-12-39(52)31-51-26-8-9-27-51/h4-7,11,13-15,18-25,39-40,44,47,53H,1-3,8-10,12,16-17,26-33,48H2,(H,49,54)(H,50,55)/t39-,40+,44-,47-/m0/s1. The van der Waals surface area contributed by atoms with Crippen molar-refractivity contribution >= 4 is 23.2 Å². The van der Waals surface area contributed by atoms with E-state index in [9.17, 15) is 14.7 Å². The van der Waals surface area contributed by atoms with Gasteiger partial charge in [0.05, 0.1) is 30.2 Å². The Bertz CT molecular complexity index is 1900. The fraction of sp³-hybridized carbons (Fsp3) is 0.447. The highest BCUT2D eigenvalue weighted by Gasteiger charge is 2.36. The number of amides is 2. The number of para-hydroxylation sites is 2. The van der Waals surface area contributed by atoms with Gasteiger partial charge in [-0.2, -0.15) is 0 Å². The van der Waals surface area contributed by atoms with Crippen LogP contribution in [0, 0.1) is 0 Å². The zero-order valence-electron chi connectivity index (χ0n) is 33.1. The molecule has 10 nitrogen and oxygen atoms in total. The minimum atomic E-state index is -0.508. The molecule has 4 atom stereocenters. The number of nitrogens with one attached hydrogen (secondary N) is 2. The van der Waals surface area contributed by atoms with E-state index in [1.807, 2.05) is 36.4 Å². The lowest BCUT2D eigenvalue weighted by molar-refractivity contribution is -0.253. The highest BCUT2D eigenvalue weighted by molar-refractivity contribution is 5.93. The number of benzene rings is 4. The van der Waals surface area contributed by atoms with Crippen LogP contribution in [0.4, 0.5) is 11.4 Å². The molecule has 3 aliphatic heterocycles. The number of carbonyl (C=O) groups is 2. The molecule has 3 heterocycles. The van der Waals surface area contributed by atoms with Crippen molar-refractivity contribution in [3.63, 3.8) is 0 Å². The summed E-state index contributed by atoms with van der Waals surface area (Å²) in [6.07, 6.45) is 8.29. The van der Waals surface area contributed by atoms with Crippen molar-refractivity contribution in [2.24, 2.45) is 0 Å². The second-order valence-electron chi connectivity index (χ2n) is 15.9. The molecule has 3 saturated heterocycles. The van der Waals surface area contributed by atoms with Gasteiger partial charge in [-0.25, -0.2) is 0 Å². The Hall–Kier alpha value is -4.58. The minimum absolute atomic E-state index is 0.000312. The molecule has 0 bridgehead atoms. The van der Waals surface area contributed by atoms with Crippen LogP contribution in [0.1, 0.15) is 98.9 Å². The lowest BCUT2D eigenvalue weighted by Gasteiger charge is -2.39. The SMILES string of the molecule is Nc1ccccc1NC(=O)CCCCCC(=O)NCc1ccccc1-c1ccc([C@H]2O[C@@H](CN3CCC[C@H]3CN3CCCC3)C[C@@H](c3ccc(CO)cc3)O2)cc1. The maximum absolute atomic E-state index is 12.8. The van der Waals surface area contributed by atoms with E-state index in [1.165, 1.54) is 38.8 Å². The molecule has 0 aliphatic carbocycles. The Morgan fingerprint density at radius 2 is 1.47 bits per heavy atom. The third kappa shape index (κ3) is 11.3. The van der Waals surface area contributed by atoms with Crippen LogP contribution >= 0.6 is 0 Å². The third-order valence-electron chi connectivity index (χ3n) is 11.7. The van der Waals surface area contributed by atoms with Gasteiger partial charge in [-0.1, -0.05) is 91.3 Å². The molecule has 0 unspecified atom stereocenters. The topological polar surface area (TPSA) is 129 Å². The number of ether oxygens (including phenoxy) is 2. The molecule has 5 N–H and O–H groups in total. The number of likely N-dealkylation sites (tertiary alicyclic amines) is 2. The smallest absolute Gasteiger partial charge is 0.224 e. The molecule has 0 saturated carbocycles. The molecule has 2 amide bonds. The predicted molar refractivity (Wildman–Crippen MR) is 225 cm³/mol. The number of hydrogen-bond acceptors (Lipinski definition) is 8. The van der Waals surface area contributed by atoms with Crippen molar-refractivity contribution in [3.8, 4) is 11.1 Å². The number of aliphatic hydroxyl groups excluding tert-OH is 1. The van der Waals surface area contributed by atoms with E-state index in [0.29, 0.717) is 49.6 Å². The summed E-state index contributed by atoms with van der Waals surface area (Å²) in [5, 5.41) is 15.6. The first-order valence-electron chi connectivity index (χ1n) is 21.0. The quantitative estimate of drug-likeness (QED) is 0.0634. The van der Waals surface area contributed by atoms with E-state index >= 15 is 0 Å². The van der Waals surface area contributed by atoms with Gasteiger partial charge in [0, 0.05) is 50.5 Å². The van der Waals surface area contributed by atoms with E-state index in [0.717, 1.165) is 65.9 Å². The largest absolute Gasteiger partial charge is 0.397 e. The molecule has 0 spiro atoms. The molecule has 0 aromatic heterocycles. The highest BCUT2D eigenvalue weighted by Crippen LogP contribution is 2.39. The summed E-state index contributed by atoms with van der Waals surface area (Å²) in [6.45, 7) is 6.05. The molecule has 3 aliphatic rings. The minimum Gasteiger partial charge on any atom is -0.397 e. The summed E-state index contributed by atoms with van der Waals surface area (Å²) in [4.78, 5) is 30.4. The molecular weight excluding hydrogens is 715 g/mol. The summed E-state index contributed by atoms with van der Waals surface area (Å²) in [7, 11) is 0. The van der Waals surface area contributed by atoms with Crippen LogP contribution in [0.5, 0.6) is 0 Å². The number of nitrogen functional groups attached to an aromatic ring is 1. The molecule has 0 radical (unpaired) electrons. The van der Waals surface area contributed by atoms with Crippen molar-refractivity contribution in [2.75, 3.05) is 43.8 Å². The molecule has 10 heteroatoms. The first kappa shape index (κ1) is 40.6. The van der Waals surface area contributed by atoms with Crippen molar-refractivity contribution in [1.29, 1.82) is 0 Å². The van der Waals surface area contributed by atoms with Gasteiger partial charge in [0.2, 0.25) is 11.8 Å². The highest BCUT2D eigenvalue weighted by atomic mass is 16.7. The van der Waals surface area contributed by atoms with Gasteiger partial charge in [-0.15, -0.1) is 0 Å². The van der Waals surface area contributed by atoms with Crippen LogP contribution in [-0.4, -0.2) is 71.6 Å². The number of aliphatic hydroxyl groups is 1. The van der Waals surface area contributed by atoms with Crippen molar-refractivity contribution in [3.05, 3.63) is 119 Å². The number of nitrogens with zero attached hydrogens (tertiary/aromatic N) is 2. The van der Waals surface area contributed by atoms with Crippen LogP contribution in [0.15, 0.2) is 97.1 Å². The van der Waals surface area contributed by atoms with Gasteiger partial charge < -0.3 is 35.8 Å². The Kier molecular flexibility index (Phi) is 14.4. The van der Waals surface area contributed by atoms with Crippen molar-refractivity contribution in [1.82, 2.24) is 15.1 Å². The molecular formula is C47H59N5O5. The molecule has 4 aromatic rings. The number of hydrogen-bond donors (Lipinski definition) is 4. The van der Waals surface area contributed by atoms with E-state index < -0.39 is 6.29 Å². The average molecular weight is 774 g/mol. The summed E-state index contributed by atoms with van der Waals surface area (Å²) >= 11 is 0. The molecule has 4 aromatic carbocycles. The number of rotatable bonds is 17. The number of carbonyl (C=O) groups excluding carboxylic acids is 2. The van der Waals surface area contributed by atoms with Crippen LogP contribution < -0.4 is 16.4 Å². The maximum Gasteiger partial charge on any atom is 0.224 e. The fourth-order valence-corrected chi connectivity index (χ4v) is 8.53. The first-order valence-corrected chi connectivity index (χ1v) is 21.0. The average Bonchev–Trinajstić information content (AvgIpc) is 3.93. The second kappa shape index (κ2) is 20.2. The lowest BCUT2D eigenvalue weighted by atomic mass is 9.97. The zero-order valence-corrected chi connectivity index (χ0v) is 33.1. The van der Waals surface area contributed by atoms with Gasteiger partial charge in [0.25, 0.3) is 0 Å². The van der Waals surface area contributed by atoms with E-state index in [1.54, 1.807) is 12.1 Å². The van der Waals surface area contributed by atoms with Crippen LogP contribution in [0.2, 0.25) is 0 Å². The summed E-state index contributed by atoms with van der Waals surface area (Å²) < 4.78 is 13.5. The summed E-state index contributed by atoms with van der Waals surface area (Å²) in [6, 6.07) is 32.5. The van der Waals surface area contributed by atoms with E-state index in [-0.39, 0.29) is 30.6 Å². The van der Waals surface area contributed by atoms with Gasteiger partial charge in [0.15, 0.2) is 6.29 Å². The third-order valence-corrected chi connectivity index (χ3v) is 11.7. The summed E-state index contributed by atoms with van der Waals surface area (Å²) in [5.74, 6) is -0.0715. The number of nitrogens with two attached hydrogens (primary N) is 1. The Balaban J connectivity index is 0.938. The lowest BCUT2D eigenvalue weighted by Crippen LogP contribution is -2.45. The maximum atomic E-state index is 12.8. The van der Waals surface area contributed by atoms with E-state index in [4.69, 9.17) is 15.2 Å². The van der Waals surface area contributed by atoms with Crippen molar-refractivity contribution < 1.29 is 24.2 Å². The predicted octanol–water partition coefficient (Wildman–Crippen LogP) is 7.74. The zero-order chi connectivity index (χ0) is 39.4. The molecule has 7 rings (SSSR count). The normalized spacial score (nSPS) is 21.4. The Morgan fingerprint density at radius 1 is 0.754 bits per heavy atom. The van der Waals surface area contributed by atoms with Gasteiger partial charge in [-0.05, 0) is 98.1 Å². The van der Waals surface area contributed by atoms with E-state index in [2.05, 4.69) is 69.0 Å². The van der Waals surface area contributed by atoms with Gasteiger partial charge in [0.1, 0.15) is 0 Å². The van der Waals surface area contributed by atoms with Gasteiger partial charge in [-0.3, -0.25) is 14.5 Å². The second-order valence-corrected chi connectivity index (χ2v) is 15.9. The van der Waals surface area contributed by atoms with Crippen LogP contribution in [0.3, 0.4) is 0 Å². The monoisotopic (exact) mass is 773 g/mol. The fourth-order valence-electron chi connectivity index (χ4n) is 8.53. The van der Waals surface area contributed by atoms with Crippen LogP contribution in [0.25, 0.3) is 11.1 Å². The Morgan fingerprint density at radius 3 is 2.25 bits per heavy atom. The molecule has 3 fully saturated rings. The molecule has 302 valence electrons. The number of anilines is 2. The summed E-state index contributed by atoms with van der Waals surface area (Å²) in [5.41, 5.74) is 13.2. The van der Waals surface area contributed by atoms with Crippen molar-refractivity contribution in [2.45, 2.75) is 102 Å². The molecule has 57 heavy (non-hydrogen) atoms. The van der Waals surface area contributed by atoms with Gasteiger partial charge >= 0.3 is 0 Å². The Labute approximate surface area is 337 Å². The van der Waals surface area contributed by atoms with Crippen LogP contribution in [-0.2, 0) is 32.2 Å². The number of unbranched alkanes of at least 4 members (excludes halogenated alkanes) is 2. The first-order chi connectivity index (χ1) is 27.9.